The SMILES string of the molecule is Cc1cc(-c2cnn3c(NCCCN4C=CN(C)C4)cc(Oc4ccccc4)nc23)ccc1C(=O)NC1CC1. The Bertz CT molecular complexity index is 1510. The van der Waals surface area contributed by atoms with E-state index in [9.17, 15) is 4.79 Å². The fraction of sp³-hybridized carbons (Fsp3) is 0.300. The van der Waals surface area contributed by atoms with Gasteiger partial charge in [-0.2, -0.15) is 14.6 Å². The molecule has 6 rings (SSSR count). The highest BCUT2D eigenvalue weighted by Crippen LogP contribution is 2.31. The van der Waals surface area contributed by atoms with E-state index in [2.05, 4.69) is 45.0 Å². The maximum Gasteiger partial charge on any atom is 0.251 e. The second-order valence-corrected chi connectivity index (χ2v) is 10.3. The number of nitrogens with zero attached hydrogens (tertiary/aromatic N) is 5. The summed E-state index contributed by atoms with van der Waals surface area (Å²) >= 11 is 0. The number of para-hydroxylation sites is 1. The molecule has 1 saturated carbocycles. The van der Waals surface area contributed by atoms with Crippen LogP contribution in [0.2, 0.25) is 0 Å². The second kappa shape index (κ2) is 10.7. The maximum absolute atomic E-state index is 12.6. The number of ether oxygens (including phenoxy) is 1. The summed E-state index contributed by atoms with van der Waals surface area (Å²) in [6.07, 6.45) is 9.13. The standard InChI is InChI=1S/C30H33N7O2/c1-21-17-22(9-12-25(21)30(38)33-23-10-11-23)26-19-32-37-27(31-13-6-14-36-16-15-35(2)20-36)18-28(34-29(26)37)39-24-7-4-3-5-8-24/h3-5,7-9,12,15-19,23,31H,6,10-11,13-14,20H2,1-2H3,(H,33,38). The van der Waals surface area contributed by atoms with Crippen LogP contribution in [0.25, 0.3) is 16.8 Å². The Labute approximate surface area is 228 Å². The molecule has 9 heteroatoms. The minimum Gasteiger partial charge on any atom is -0.439 e. The van der Waals surface area contributed by atoms with Gasteiger partial charge in [-0.05, 0) is 55.5 Å². The summed E-state index contributed by atoms with van der Waals surface area (Å²) in [5, 5.41) is 11.3. The minimum absolute atomic E-state index is 0.0133. The molecule has 4 aromatic rings. The molecule has 200 valence electrons. The molecule has 0 radical (unpaired) electrons. The van der Waals surface area contributed by atoms with E-state index in [-0.39, 0.29) is 5.91 Å². The number of hydrogen-bond acceptors (Lipinski definition) is 7. The fourth-order valence-electron chi connectivity index (χ4n) is 4.74. The van der Waals surface area contributed by atoms with E-state index in [1.54, 1.807) is 0 Å². The number of carbonyl (C=O) groups excluding carboxylic acids is 1. The predicted molar refractivity (Wildman–Crippen MR) is 152 cm³/mol. The average molecular weight is 524 g/mol. The first kappa shape index (κ1) is 24.8. The number of aromatic nitrogens is 3. The highest BCUT2D eigenvalue weighted by molar-refractivity contribution is 5.97. The molecule has 2 aromatic carbocycles. The molecule has 2 N–H and O–H groups in total. The number of carbonyl (C=O) groups is 1. The van der Waals surface area contributed by atoms with Crippen LogP contribution in [0.15, 0.2) is 73.2 Å². The summed E-state index contributed by atoms with van der Waals surface area (Å²) in [5.41, 5.74) is 4.13. The molecule has 9 nitrogen and oxygen atoms in total. The highest BCUT2D eigenvalue weighted by Gasteiger charge is 2.24. The minimum atomic E-state index is -0.0133. The lowest BCUT2D eigenvalue weighted by Gasteiger charge is -2.18. The van der Waals surface area contributed by atoms with Crippen LogP contribution in [-0.2, 0) is 0 Å². The molecule has 2 aliphatic rings. The third-order valence-corrected chi connectivity index (χ3v) is 6.97. The molecule has 39 heavy (non-hydrogen) atoms. The lowest BCUT2D eigenvalue weighted by Crippen LogP contribution is -2.26. The van der Waals surface area contributed by atoms with Gasteiger partial charge in [-0.3, -0.25) is 4.79 Å². The van der Waals surface area contributed by atoms with Gasteiger partial charge in [0.15, 0.2) is 5.65 Å². The van der Waals surface area contributed by atoms with E-state index in [1.165, 1.54) is 0 Å². The van der Waals surface area contributed by atoms with Crippen molar-refractivity contribution >= 4 is 17.4 Å². The topological polar surface area (TPSA) is 87.0 Å². The van der Waals surface area contributed by atoms with Crippen LogP contribution in [0.3, 0.4) is 0 Å². The van der Waals surface area contributed by atoms with Crippen molar-refractivity contribution in [2.24, 2.45) is 0 Å². The molecular formula is C30H33N7O2. The Kier molecular flexibility index (Phi) is 6.79. The molecule has 1 aliphatic carbocycles. The van der Waals surface area contributed by atoms with Crippen LogP contribution in [0.1, 0.15) is 35.2 Å². The van der Waals surface area contributed by atoms with Crippen LogP contribution in [-0.4, -0.2) is 63.2 Å². The zero-order chi connectivity index (χ0) is 26.8. The molecule has 0 spiro atoms. The average Bonchev–Trinajstić information content (AvgIpc) is 3.48. The number of nitrogens with one attached hydrogen (secondary N) is 2. The van der Waals surface area contributed by atoms with E-state index < -0.39 is 0 Å². The van der Waals surface area contributed by atoms with Gasteiger partial charge in [-0.15, -0.1) is 0 Å². The molecule has 3 heterocycles. The lowest BCUT2D eigenvalue weighted by atomic mass is 10.0. The summed E-state index contributed by atoms with van der Waals surface area (Å²) in [5.74, 6) is 2.00. The summed E-state index contributed by atoms with van der Waals surface area (Å²) in [7, 11) is 2.07. The van der Waals surface area contributed by atoms with Gasteiger partial charge >= 0.3 is 0 Å². The van der Waals surface area contributed by atoms with Crippen molar-refractivity contribution in [2.45, 2.75) is 32.2 Å². The van der Waals surface area contributed by atoms with Gasteiger partial charge in [-0.1, -0.05) is 30.3 Å². The van der Waals surface area contributed by atoms with Crippen molar-refractivity contribution in [1.29, 1.82) is 0 Å². The van der Waals surface area contributed by atoms with Crippen molar-refractivity contribution in [2.75, 3.05) is 32.1 Å². The van der Waals surface area contributed by atoms with Gasteiger partial charge in [0, 0.05) is 55.8 Å². The lowest BCUT2D eigenvalue weighted by molar-refractivity contribution is 0.0950. The van der Waals surface area contributed by atoms with Crippen molar-refractivity contribution in [3.05, 3.63) is 84.3 Å². The third kappa shape index (κ3) is 5.67. The normalized spacial score (nSPS) is 14.7. The van der Waals surface area contributed by atoms with Crippen LogP contribution in [0.5, 0.6) is 11.6 Å². The van der Waals surface area contributed by atoms with Crippen molar-refractivity contribution in [1.82, 2.24) is 29.7 Å². The van der Waals surface area contributed by atoms with Gasteiger partial charge in [-0.25, -0.2) is 0 Å². The molecule has 0 unspecified atom stereocenters. The van der Waals surface area contributed by atoms with E-state index in [1.807, 2.05) is 72.2 Å². The highest BCUT2D eigenvalue weighted by atomic mass is 16.5. The first-order valence-corrected chi connectivity index (χ1v) is 13.4. The smallest absolute Gasteiger partial charge is 0.251 e. The Hall–Kier alpha value is -4.53. The molecule has 0 atom stereocenters. The Morgan fingerprint density at radius 1 is 1.10 bits per heavy atom. The molecular weight excluding hydrogens is 490 g/mol. The van der Waals surface area contributed by atoms with Crippen molar-refractivity contribution < 1.29 is 9.53 Å². The number of benzene rings is 2. The van der Waals surface area contributed by atoms with Crippen LogP contribution < -0.4 is 15.4 Å². The van der Waals surface area contributed by atoms with Gasteiger partial charge in [0.1, 0.15) is 11.6 Å². The van der Waals surface area contributed by atoms with E-state index in [0.717, 1.165) is 61.5 Å². The number of rotatable bonds is 10. The number of anilines is 1. The van der Waals surface area contributed by atoms with Crippen LogP contribution >= 0.6 is 0 Å². The summed E-state index contributed by atoms with van der Waals surface area (Å²) < 4.78 is 7.96. The van der Waals surface area contributed by atoms with E-state index in [0.29, 0.717) is 28.9 Å². The zero-order valence-corrected chi connectivity index (χ0v) is 22.3. The zero-order valence-electron chi connectivity index (χ0n) is 22.3. The van der Waals surface area contributed by atoms with Crippen LogP contribution in [0, 0.1) is 6.92 Å². The number of aryl methyl sites for hydroxylation is 1. The van der Waals surface area contributed by atoms with Gasteiger partial charge in [0.05, 0.1) is 12.9 Å². The van der Waals surface area contributed by atoms with Crippen molar-refractivity contribution in [3.63, 3.8) is 0 Å². The number of fused-ring (bicyclic) bond motifs is 1. The Morgan fingerprint density at radius 2 is 1.95 bits per heavy atom. The Balaban J connectivity index is 1.27. The molecule has 0 bridgehead atoms. The first-order chi connectivity index (χ1) is 19.0. The molecule has 1 aliphatic heterocycles. The third-order valence-electron chi connectivity index (χ3n) is 6.97. The molecule has 2 aromatic heterocycles. The fourth-order valence-corrected chi connectivity index (χ4v) is 4.74. The van der Waals surface area contributed by atoms with Gasteiger partial charge < -0.3 is 25.2 Å². The molecule has 0 saturated heterocycles. The summed E-state index contributed by atoms with van der Waals surface area (Å²) in [6.45, 7) is 4.61. The summed E-state index contributed by atoms with van der Waals surface area (Å²) in [4.78, 5) is 21.9. The Morgan fingerprint density at radius 3 is 2.69 bits per heavy atom. The van der Waals surface area contributed by atoms with E-state index in [4.69, 9.17) is 9.72 Å². The first-order valence-electron chi connectivity index (χ1n) is 13.4. The predicted octanol–water partition coefficient (Wildman–Crippen LogP) is 4.87. The van der Waals surface area contributed by atoms with Crippen LogP contribution in [0.4, 0.5) is 5.82 Å². The van der Waals surface area contributed by atoms with Crippen molar-refractivity contribution in [3.8, 4) is 22.8 Å². The monoisotopic (exact) mass is 523 g/mol. The van der Waals surface area contributed by atoms with Gasteiger partial charge in [0.25, 0.3) is 5.91 Å². The quantitative estimate of drug-likeness (QED) is 0.287. The second-order valence-electron chi connectivity index (χ2n) is 10.3. The number of hydrogen-bond donors (Lipinski definition) is 2. The maximum atomic E-state index is 12.6. The summed E-state index contributed by atoms with van der Waals surface area (Å²) in [6, 6.07) is 17.7. The van der Waals surface area contributed by atoms with E-state index >= 15 is 0 Å². The molecule has 1 fully saturated rings. The molecule has 1 amide bonds. The number of amides is 1. The van der Waals surface area contributed by atoms with Gasteiger partial charge in [0.2, 0.25) is 5.88 Å². The largest absolute Gasteiger partial charge is 0.439 e.